The monoisotopic (exact) mass is 207 g/mol. The van der Waals surface area contributed by atoms with E-state index in [9.17, 15) is 0 Å². The van der Waals surface area contributed by atoms with Gasteiger partial charge in [-0.05, 0) is 26.3 Å². The number of hydrogen-bond acceptors (Lipinski definition) is 4. The zero-order chi connectivity index (χ0) is 10.4. The Labute approximate surface area is 88.6 Å². The van der Waals surface area contributed by atoms with Crippen LogP contribution < -0.4 is 0 Å². The SMILES string of the molecule is CC(C)(C#N)CCSc1ccncn1. The van der Waals surface area contributed by atoms with Crippen molar-refractivity contribution in [2.24, 2.45) is 5.41 Å². The van der Waals surface area contributed by atoms with Gasteiger partial charge in [0.1, 0.15) is 6.33 Å². The smallest absolute Gasteiger partial charge is 0.116 e. The molecule has 0 atom stereocenters. The van der Waals surface area contributed by atoms with Gasteiger partial charge >= 0.3 is 0 Å². The van der Waals surface area contributed by atoms with Crippen LogP contribution in [0.4, 0.5) is 0 Å². The molecule has 0 aliphatic carbocycles. The molecule has 0 bridgehead atoms. The second-order valence-corrected chi connectivity index (χ2v) is 4.76. The summed E-state index contributed by atoms with van der Waals surface area (Å²) < 4.78 is 0. The van der Waals surface area contributed by atoms with Crippen LogP contribution in [0.2, 0.25) is 0 Å². The van der Waals surface area contributed by atoms with Crippen molar-refractivity contribution in [1.29, 1.82) is 5.26 Å². The highest BCUT2D eigenvalue weighted by molar-refractivity contribution is 7.99. The Bertz CT molecular complexity index is 316. The third kappa shape index (κ3) is 3.75. The molecule has 14 heavy (non-hydrogen) atoms. The summed E-state index contributed by atoms with van der Waals surface area (Å²) in [6.45, 7) is 3.90. The number of aromatic nitrogens is 2. The van der Waals surface area contributed by atoms with Gasteiger partial charge in [-0.15, -0.1) is 11.8 Å². The third-order valence-electron chi connectivity index (χ3n) is 1.83. The maximum absolute atomic E-state index is 8.81. The third-order valence-corrected chi connectivity index (χ3v) is 2.78. The summed E-state index contributed by atoms with van der Waals surface area (Å²) in [5.41, 5.74) is -0.236. The molecule has 1 aromatic rings. The summed E-state index contributed by atoms with van der Waals surface area (Å²) in [5, 5.41) is 9.77. The van der Waals surface area contributed by atoms with Crippen LogP contribution in [-0.2, 0) is 0 Å². The predicted molar refractivity (Wildman–Crippen MR) is 56.8 cm³/mol. The van der Waals surface area contributed by atoms with Crippen molar-refractivity contribution in [3.05, 3.63) is 18.6 Å². The minimum absolute atomic E-state index is 0.236. The molecule has 0 N–H and O–H groups in total. The number of nitriles is 1. The highest BCUT2D eigenvalue weighted by Gasteiger charge is 2.15. The standard InChI is InChI=1S/C10H13N3S/c1-10(2,7-11)4-6-14-9-3-5-12-8-13-9/h3,5,8H,4,6H2,1-2H3. The first-order chi connectivity index (χ1) is 6.64. The number of nitrogens with zero attached hydrogens (tertiary/aromatic N) is 3. The Kier molecular flexibility index (Phi) is 3.90. The molecule has 0 aromatic carbocycles. The van der Waals surface area contributed by atoms with Crippen molar-refractivity contribution in [3.8, 4) is 6.07 Å². The van der Waals surface area contributed by atoms with Gasteiger partial charge < -0.3 is 0 Å². The summed E-state index contributed by atoms with van der Waals surface area (Å²) >= 11 is 1.66. The topological polar surface area (TPSA) is 49.6 Å². The first-order valence-corrected chi connectivity index (χ1v) is 5.43. The highest BCUT2D eigenvalue weighted by atomic mass is 32.2. The Morgan fingerprint density at radius 2 is 2.36 bits per heavy atom. The first kappa shape index (κ1) is 11.0. The molecule has 1 heterocycles. The van der Waals surface area contributed by atoms with Crippen LogP contribution in [0.1, 0.15) is 20.3 Å². The fourth-order valence-electron chi connectivity index (χ4n) is 0.831. The van der Waals surface area contributed by atoms with Crippen LogP contribution in [-0.4, -0.2) is 15.7 Å². The van der Waals surface area contributed by atoms with E-state index in [0.29, 0.717) is 0 Å². The van der Waals surface area contributed by atoms with E-state index in [1.165, 1.54) is 6.33 Å². The average Bonchev–Trinajstić information content (AvgIpc) is 2.19. The Morgan fingerprint density at radius 1 is 1.57 bits per heavy atom. The molecule has 74 valence electrons. The Morgan fingerprint density at radius 3 is 2.93 bits per heavy atom. The van der Waals surface area contributed by atoms with Crippen molar-refractivity contribution < 1.29 is 0 Å². The van der Waals surface area contributed by atoms with Gasteiger partial charge in [0.05, 0.1) is 16.5 Å². The lowest BCUT2D eigenvalue weighted by atomic mass is 9.93. The van der Waals surface area contributed by atoms with Crippen LogP contribution in [0.5, 0.6) is 0 Å². The van der Waals surface area contributed by atoms with Crippen LogP contribution in [0.3, 0.4) is 0 Å². The van der Waals surface area contributed by atoms with E-state index in [-0.39, 0.29) is 5.41 Å². The molecule has 0 radical (unpaired) electrons. The van der Waals surface area contributed by atoms with Gasteiger partial charge in [0.15, 0.2) is 0 Å². The molecule has 0 amide bonds. The molecule has 0 saturated carbocycles. The van der Waals surface area contributed by atoms with E-state index < -0.39 is 0 Å². The van der Waals surface area contributed by atoms with Gasteiger partial charge in [-0.2, -0.15) is 5.26 Å². The predicted octanol–water partition coefficient (Wildman–Crippen LogP) is 2.51. The molecule has 4 heteroatoms. The largest absolute Gasteiger partial charge is 0.245 e. The lowest BCUT2D eigenvalue weighted by Crippen LogP contribution is -2.08. The van der Waals surface area contributed by atoms with Gasteiger partial charge in [0.25, 0.3) is 0 Å². The van der Waals surface area contributed by atoms with E-state index in [1.807, 2.05) is 19.9 Å². The van der Waals surface area contributed by atoms with Crippen molar-refractivity contribution >= 4 is 11.8 Å². The number of rotatable bonds is 4. The quantitative estimate of drug-likeness (QED) is 0.562. The summed E-state index contributed by atoms with van der Waals surface area (Å²) in [6, 6.07) is 4.16. The molecule has 0 fully saturated rings. The lowest BCUT2D eigenvalue weighted by molar-refractivity contribution is 0.482. The molecule has 0 saturated heterocycles. The van der Waals surface area contributed by atoms with Gasteiger partial charge in [-0.3, -0.25) is 0 Å². The molecule has 3 nitrogen and oxygen atoms in total. The molecular weight excluding hydrogens is 194 g/mol. The minimum atomic E-state index is -0.236. The molecule has 0 unspecified atom stereocenters. The van der Waals surface area contributed by atoms with Crippen molar-refractivity contribution in [1.82, 2.24) is 9.97 Å². The van der Waals surface area contributed by atoms with E-state index in [0.717, 1.165) is 17.2 Å². The van der Waals surface area contributed by atoms with E-state index >= 15 is 0 Å². The zero-order valence-corrected chi connectivity index (χ0v) is 9.21. The maximum atomic E-state index is 8.81. The zero-order valence-electron chi connectivity index (χ0n) is 8.40. The lowest BCUT2D eigenvalue weighted by Gasteiger charge is -2.13. The molecular formula is C10H13N3S. The number of hydrogen-bond donors (Lipinski definition) is 0. The van der Waals surface area contributed by atoms with E-state index in [4.69, 9.17) is 5.26 Å². The molecule has 0 spiro atoms. The van der Waals surface area contributed by atoms with Crippen molar-refractivity contribution in [2.75, 3.05) is 5.75 Å². The average molecular weight is 207 g/mol. The van der Waals surface area contributed by atoms with Gasteiger partial charge in [0, 0.05) is 11.9 Å². The van der Waals surface area contributed by atoms with Crippen molar-refractivity contribution in [2.45, 2.75) is 25.3 Å². The molecule has 1 aromatic heterocycles. The summed E-state index contributed by atoms with van der Waals surface area (Å²) in [4.78, 5) is 7.93. The summed E-state index contributed by atoms with van der Waals surface area (Å²) in [5.74, 6) is 0.914. The van der Waals surface area contributed by atoms with Gasteiger partial charge in [-0.25, -0.2) is 9.97 Å². The number of thioether (sulfide) groups is 1. The van der Waals surface area contributed by atoms with Crippen LogP contribution in [0.15, 0.2) is 23.6 Å². The van der Waals surface area contributed by atoms with Crippen molar-refractivity contribution in [3.63, 3.8) is 0 Å². The Balaban J connectivity index is 2.34. The van der Waals surface area contributed by atoms with E-state index in [2.05, 4.69) is 16.0 Å². The molecule has 0 aliphatic heterocycles. The first-order valence-electron chi connectivity index (χ1n) is 4.44. The second-order valence-electron chi connectivity index (χ2n) is 3.64. The second kappa shape index (κ2) is 4.97. The summed E-state index contributed by atoms with van der Waals surface area (Å²) in [6.07, 6.45) is 4.14. The van der Waals surface area contributed by atoms with Crippen LogP contribution in [0.25, 0.3) is 0 Å². The normalized spacial score (nSPS) is 10.9. The maximum Gasteiger partial charge on any atom is 0.116 e. The fraction of sp³-hybridized carbons (Fsp3) is 0.500. The van der Waals surface area contributed by atoms with Gasteiger partial charge in [-0.1, -0.05) is 0 Å². The highest BCUT2D eigenvalue weighted by Crippen LogP contribution is 2.24. The van der Waals surface area contributed by atoms with Crippen LogP contribution in [0, 0.1) is 16.7 Å². The van der Waals surface area contributed by atoms with E-state index in [1.54, 1.807) is 18.0 Å². The summed E-state index contributed by atoms with van der Waals surface area (Å²) in [7, 11) is 0. The molecule has 1 rings (SSSR count). The Hall–Kier alpha value is -1.08. The van der Waals surface area contributed by atoms with Gasteiger partial charge in [0.2, 0.25) is 0 Å². The fourth-order valence-corrected chi connectivity index (χ4v) is 1.93. The minimum Gasteiger partial charge on any atom is -0.245 e. The van der Waals surface area contributed by atoms with Crippen LogP contribution >= 0.6 is 11.8 Å². The molecule has 0 aliphatic rings.